The van der Waals surface area contributed by atoms with Crippen LogP contribution in [-0.2, 0) is 4.74 Å². The van der Waals surface area contributed by atoms with Crippen LogP contribution in [0.25, 0.3) is 0 Å². The molecule has 1 aliphatic heterocycles. The summed E-state index contributed by atoms with van der Waals surface area (Å²) < 4.78 is 10.9. The van der Waals surface area contributed by atoms with Crippen LogP contribution in [0.4, 0.5) is 5.69 Å². The highest BCUT2D eigenvalue weighted by Gasteiger charge is 2.15. The van der Waals surface area contributed by atoms with E-state index in [9.17, 15) is 0 Å². The van der Waals surface area contributed by atoms with Gasteiger partial charge in [0.1, 0.15) is 0 Å². The molecule has 0 unspecified atom stereocenters. The zero-order chi connectivity index (χ0) is 11.4. The van der Waals surface area contributed by atoms with Crippen molar-refractivity contribution in [3.63, 3.8) is 0 Å². The van der Waals surface area contributed by atoms with Gasteiger partial charge >= 0.3 is 0 Å². The van der Waals surface area contributed by atoms with E-state index in [1.165, 1.54) is 0 Å². The maximum atomic E-state index is 5.82. The number of hydrogen-bond acceptors (Lipinski definition) is 4. The highest BCUT2D eigenvalue weighted by atomic mass is 16.5. The lowest BCUT2D eigenvalue weighted by atomic mass is 10.0. The number of anilines is 1. The number of pyridine rings is 1. The molecule has 0 aliphatic carbocycles. The fraction of sp³-hybridized carbons (Fsp3) is 0.583. The Balaban J connectivity index is 1.88. The first kappa shape index (κ1) is 11.2. The van der Waals surface area contributed by atoms with E-state index in [2.05, 4.69) is 4.98 Å². The summed E-state index contributed by atoms with van der Waals surface area (Å²) in [4.78, 5) is 4.18. The first-order valence-electron chi connectivity index (χ1n) is 5.68. The lowest BCUT2D eigenvalue weighted by Gasteiger charge is -2.22. The summed E-state index contributed by atoms with van der Waals surface area (Å²) in [6.07, 6.45) is 3.90. The maximum Gasteiger partial charge on any atom is 0.237 e. The Morgan fingerprint density at radius 2 is 2.25 bits per heavy atom. The van der Waals surface area contributed by atoms with Crippen molar-refractivity contribution < 1.29 is 9.47 Å². The van der Waals surface area contributed by atoms with Crippen LogP contribution in [0.1, 0.15) is 18.4 Å². The number of nitrogen functional groups attached to an aromatic ring is 1. The predicted octanol–water partition coefficient (Wildman–Crippen LogP) is 1.78. The van der Waals surface area contributed by atoms with Crippen LogP contribution in [0.15, 0.2) is 12.3 Å². The van der Waals surface area contributed by atoms with E-state index >= 15 is 0 Å². The van der Waals surface area contributed by atoms with Crippen LogP contribution in [0.2, 0.25) is 0 Å². The number of aryl methyl sites for hydroxylation is 1. The zero-order valence-corrected chi connectivity index (χ0v) is 9.61. The monoisotopic (exact) mass is 222 g/mol. The lowest BCUT2D eigenvalue weighted by molar-refractivity contribution is 0.0492. The van der Waals surface area contributed by atoms with Gasteiger partial charge < -0.3 is 15.2 Å². The summed E-state index contributed by atoms with van der Waals surface area (Å²) in [7, 11) is 0. The molecular weight excluding hydrogens is 204 g/mol. The molecule has 2 N–H and O–H groups in total. The first-order chi connectivity index (χ1) is 7.75. The van der Waals surface area contributed by atoms with E-state index in [0.29, 0.717) is 24.1 Å². The molecule has 0 spiro atoms. The zero-order valence-electron chi connectivity index (χ0n) is 9.61. The maximum absolute atomic E-state index is 5.82. The number of aromatic nitrogens is 1. The Kier molecular flexibility index (Phi) is 3.62. The topological polar surface area (TPSA) is 57.4 Å². The number of rotatable bonds is 3. The Morgan fingerprint density at radius 3 is 2.94 bits per heavy atom. The SMILES string of the molecule is Cc1cnc(OCC2CCOCC2)c(N)c1. The molecule has 1 aromatic rings. The first-order valence-corrected chi connectivity index (χ1v) is 5.68. The number of nitrogens with two attached hydrogens (primary N) is 1. The van der Waals surface area contributed by atoms with Crippen molar-refractivity contribution in [1.82, 2.24) is 4.98 Å². The van der Waals surface area contributed by atoms with Crippen molar-refractivity contribution in [2.45, 2.75) is 19.8 Å². The van der Waals surface area contributed by atoms with E-state index in [-0.39, 0.29) is 0 Å². The number of nitrogens with zero attached hydrogens (tertiary/aromatic N) is 1. The second-order valence-electron chi connectivity index (χ2n) is 4.27. The van der Waals surface area contributed by atoms with Gasteiger partial charge in [-0.15, -0.1) is 0 Å². The van der Waals surface area contributed by atoms with Gasteiger partial charge in [-0.2, -0.15) is 0 Å². The summed E-state index contributed by atoms with van der Waals surface area (Å²) in [6, 6.07) is 1.88. The average Bonchev–Trinajstić information content (AvgIpc) is 2.29. The summed E-state index contributed by atoms with van der Waals surface area (Å²) in [5.41, 5.74) is 7.49. The smallest absolute Gasteiger partial charge is 0.237 e. The number of ether oxygens (including phenoxy) is 2. The van der Waals surface area contributed by atoms with Gasteiger partial charge in [-0.3, -0.25) is 0 Å². The molecule has 0 atom stereocenters. The minimum Gasteiger partial charge on any atom is -0.476 e. The lowest BCUT2D eigenvalue weighted by Crippen LogP contribution is -2.21. The molecule has 0 bridgehead atoms. The van der Waals surface area contributed by atoms with E-state index < -0.39 is 0 Å². The fourth-order valence-corrected chi connectivity index (χ4v) is 1.81. The molecular formula is C12H18N2O2. The van der Waals surface area contributed by atoms with Crippen LogP contribution in [0.5, 0.6) is 5.88 Å². The van der Waals surface area contributed by atoms with Crippen molar-refractivity contribution in [2.24, 2.45) is 5.92 Å². The van der Waals surface area contributed by atoms with Gasteiger partial charge in [0, 0.05) is 19.4 Å². The molecule has 1 saturated heterocycles. The molecule has 2 heterocycles. The van der Waals surface area contributed by atoms with Crippen molar-refractivity contribution in [1.29, 1.82) is 0 Å². The Labute approximate surface area is 95.8 Å². The molecule has 0 radical (unpaired) electrons. The van der Waals surface area contributed by atoms with E-state index in [0.717, 1.165) is 31.6 Å². The predicted molar refractivity (Wildman–Crippen MR) is 62.4 cm³/mol. The largest absolute Gasteiger partial charge is 0.476 e. The third-order valence-corrected chi connectivity index (χ3v) is 2.81. The van der Waals surface area contributed by atoms with Crippen molar-refractivity contribution in [3.8, 4) is 5.88 Å². The third kappa shape index (κ3) is 2.85. The van der Waals surface area contributed by atoms with Crippen molar-refractivity contribution in [3.05, 3.63) is 17.8 Å². The molecule has 1 aliphatic rings. The fourth-order valence-electron chi connectivity index (χ4n) is 1.81. The molecule has 0 amide bonds. The Hall–Kier alpha value is -1.29. The number of hydrogen-bond donors (Lipinski definition) is 1. The summed E-state index contributed by atoms with van der Waals surface area (Å²) in [5, 5.41) is 0. The summed E-state index contributed by atoms with van der Waals surface area (Å²) in [6.45, 7) is 4.32. The molecule has 88 valence electrons. The summed E-state index contributed by atoms with van der Waals surface area (Å²) >= 11 is 0. The second kappa shape index (κ2) is 5.16. The van der Waals surface area contributed by atoms with Crippen LogP contribution in [0.3, 0.4) is 0 Å². The molecule has 1 aromatic heterocycles. The summed E-state index contributed by atoms with van der Waals surface area (Å²) in [5.74, 6) is 1.12. The van der Waals surface area contributed by atoms with E-state index in [1.807, 2.05) is 13.0 Å². The minimum absolute atomic E-state index is 0.553. The van der Waals surface area contributed by atoms with Gasteiger partial charge in [0.05, 0.1) is 12.3 Å². The van der Waals surface area contributed by atoms with Crippen LogP contribution in [0, 0.1) is 12.8 Å². The van der Waals surface area contributed by atoms with Gasteiger partial charge in [0.15, 0.2) is 0 Å². The van der Waals surface area contributed by atoms with Crippen LogP contribution >= 0.6 is 0 Å². The van der Waals surface area contributed by atoms with Gasteiger partial charge in [0.25, 0.3) is 0 Å². The average molecular weight is 222 g/mol. The Bertz CT molecular complexity index is 349. The van der Waals surface area contributed by atoms with Crippen molar-refractivity contribution in [2.75, 3.05) is 25.6 Å². The normalized spacial score (nSPS) is 17.3. The second-order valence-corrected chi connectivity index (χ2v) is 4.27. The molecule has 0 saturated carbocycles. The highest BCUT2D eigenvalue weighted by Crippen LogP contribution is 2.21. The molecule has 1 fully saturated rings. The molecule has 2 rings (SSSR count). The van der Waals surface area contributed by atoms with Gasteiger partial charge in [-0.05, 0) is 37.3 Å². The van der Waals surface area contributed by atoms with Crippen LogP contribution < -0.4 is 10.5 Å². The van der Waals surface area contributed by atoms with E-state index in [1.54, 1.807) is 6.20 Å². The van der Waals surface area contributed by atoms with Gasteiger partial charge in [-0.25, -0.2) is 4.98 Å². The van der Waals surface area contributed by atoms with Gasteiger partial charge in [0.2, 0.25) is 5.88 Å². The molecule has 4 heteroatoms. The standard InChI is InChI=1S/C12H18N2O2/c1-9-6-11(13)12(14-7-9)16-8-10-2-4-15-5-3-10/h6-7,10H,2-5,8,13H2,1H3. The van der Waals surface area contributed by atoms with Gasteiger partial charge in [-0.1, -0.05) is 0 Å². The molecule has 0 aromatic carbocycles. The van der Waals surface area contributed by atoms with Crippen molar-refractivity contribution >= 4 is 5.69 Å². The molecule has 16 heavy (non-hydrogen) atoms. The van der Waals surface area contributed by atoms with Crippen LogP contribution in [-0.4, -0.2) is 24.8 Å². The third-order valence-electron chi connectivity index (χ3n) is 2.81. The van der Waals surface area contributed by atoms with E-state index in [4.69, 9.17) is 15.2 Å². The molecule has 4 nitrogen and oxygen atoms in total. The minimum atomic E-state index is 0.553. The quantitative estimate of drug-likeness (QED) is 0.847. The highest BCUT2D eigenvalue weighted by molar-refractivity contribution is 5.49. The Morgan fingerprint density at radius 1 is 1.50 bits per heavy atom.